The number of thiazole rings is 2. The number of carbonyl (C=O) groups excluding carboxylic acids is 1. The molecule has 112 valence electrons. The highest BCUT2D eigenvalue weighted by Crippen LogP contribution is 2.40. The summed E-state index contributed by atoms with van der Waals surface area (Å²) in [6.07, 6.45) is 2.41. The maximum atomic E-state index is 12.2. The van der Waals surface area contributed by atoms with Crippen LogP contribution in [-0.2, 0) is 0 Å². The number of rotatable bonds is 4. The van der Waals surface area contributed by atoms with Crippen molar-refractivity contribution >= 4 is 33.7 Å². The van der Waals surface area contributed by atoms with Gasteiger partial charge in [0.1, 0.15) is 11.5 Å². The van der Waals surface area contributed by atoms with E-state index in [1.165, 1.54) is 35.5 Å². The molecule has 0 bridgehead atoms. The summed E-state index contributed by atoms with van der Waals surface area (Å²) in [5.74, 6) is 1.87. The van der Waals surface area contributed by atoms with Gasteiger partial charge in [0.2, 0.25) is 0 Å². The summed E-state index contributed by atoms with van der Waals surface area (Å²) in [5.41, 5.74) is 1.47. The summed E-state index contributed by atoms with van der Waals surface area (Å²) in [6, 6.07) is 3.74. The Morgan fingerprint density at radius 2 is 2.14 bits per heavy atom. The van der Waals surface area contributed by atoms with Crippen LogP contribution >= 0.6 is 22.7 Å². The van der Waals surface area contributed by atoms with Crippen LogP contribution in [0.2, 0.25) is 0 Å². The van der Waals surface area contributed by atoms with Gasteiger partial charge in [-0.1, -0.05) is 0 Å². The fourth-order valence-electron chi connectivity index (χ4n) is 2.11. The summed E-state index contributed by atoms with van der Waals surface area (Å²) in [5, 5.41) is 7.91. The topological polar surface area (TPSA) is 68.0 Å². The van der Waals surface area contributed by atoms with E-state index in [1.807, 2.05) is 24.4 Å². The minimum atomic E-state index is -0.234. The van der Waals surface area contributed by atoms with Crippen molar-refractivity contribution in [3.8, 4) is 10.8 Å². The molecule has 0 saturated heterocycles. The van der Waals surface area contributed by atoms with E-state index in [0.717, 1.165) is 11.5 Å². The standard InChI is InChI=1S/C15H13N3O2S2/c1-8-2-5-12(20-8)14-16-11(7-21-14)13(19)18-15-17-10(6-22-15)9-3-4-9/h2,5-7,9H,3-4H2,1H3,(H,17,18,19). The molecule has 1 amide bonds. The van der Waals surface area contributed by atoms with E-state index in [1.54, 1.807) is 5.38 Å². The summed E-state index contributed by atoms with van der Waals surface area (Å²) < 4.78 is 5.52. The predicted octanol–water partition coefficient (Wildman–Crippen LogP) is 4.30. The number of hydrogen-bond acceptors (Lipinski definition) is 6. The number of aryl methyl sites for hydroxylation is 1. The van der Waals surface area contributed by atoms with Gasteiger partial charge in [-0.15, -0.1) is 22.7 Å². The molecule has 7 heteroatoms. The quantitative estimate of drug-likeness (QED) is 0.774. The first-order valence-electron chi connectivity index (χ1n) is 6.98. The predicted molar refractivity (Wildman–Crippen MR) is 86.6 cm³/mol. The van der Waals surface area contributed by atoms with Crippen LogP contribution in [0.15, 0.2) is 27.3 Å². The number of nitrogens with one attached hydrogen (secondary N) is 1. The van der Waals surface area contributed by atoms with Gasteiger partial charge in [-0.25, -0.2) is 9.97 Å². The third-order valence-corrected chi connectivity index (χ3v) is 5.06. The lowest BCUT2D eigenvalue weighted by Crippen LogP contribution is -2.12. The summed E-state index contributed by atoms with van der Waals surface area (Å²) in [6.45, 7) is 1.88. The zero-order valence-corrected chi connectivity index (χ0v) is 13.5. The van der Waals surface area contributed by atoms with Crippen molar-refractivity contribution in [2.24, 2.45) is 0 Å². The molecule has 3 heterocycles. The van der Waals surface area contributed by atoms with Crippen LogP contribution in [0, 0.1) is 6.92 Å². The number of hydrogen-bond donors (Lipinski definition) is 1. The highest BCUT2D eigenvalue weighted by molar-refractivity contribution is 7.14. The maximum Gasteiger partial charge on any atom is 0.276 e. The van der Waals surface area contributed by atoms with E-state index in [-0.39, 0.29) is 5.91 Å². The highest BCUT2D eigenvalue weighted by atomic mass is 32.1. The van der Waals surface area contributed by atoms with Gasteiger partial charge in [0, 0.05) is 16.7 Å². The van der Waals surface area contributed by atoms with Crippen molar-refractivity contribution < 1.29 is 9.21 Å². The first-order valence-corrected chi connectivity index (χ1v) is 8.74. The lowest BCUT2D eigenvalue weighted by Gasteiger charge is -1.97. The van der Waals surface area contributed by atoms with Gasteiger partial charge in [0.05, 0.1) is 5.69 Å². The first kappa shape index (κ1) is 13.7. The number of amides is 1. The molecule has 4 rings (SSSR count). The molecule has 22 heavy (non-hydrogen) atoms. The molecular formula is C15H13N3O2S2. The molecule has 1 fully saturated rings. The second kappa shape index (κ2) is 5.33. The van der Waals surface area contributed by atoms with E-state index in [4.69, 9.17) is 4.42 Å². The van der Waals surface area contributed by atoms with Crippen LogP contribution in [0.25, 0.3) is 10.8 Å². The monoisotopic (exact) mass is 331 g/mol. The van der Waals surface area contributed by atoms with Crippen molar-refractivity contribution in [3.63, 3.8) is 0 Å². The number of carbonyl (C=O) groups is 1. The molecule has 0 aliphatic heterocycles. The van der Waals surface area contributed by atoms with Crippen LogP contribution in [0.5, 0.6) is 0 Å². The molecule has 0 aromatic carbocycles. The molecule has 3 aromatic rings. The Kier molecular flexibility index (Phi) is 3.31. The van der Waals surface area contributed by atoms with Crippen LogP contribution in [0.3, 0.4) is 0 Å². The number of anilines is 1. The van der Waals surface area contributed by atoms with Gasteiger partial charge in [-0.2, -0.15) is 0 Å². The van der Waals surface area contributed by atoms with E-state index in [9.17, 15) is 4.79 Å². The van der Waals surface area contributed by atoms with Gasteiger partial charge in [-0.05, 0) is 31.9 Å². The van der Waals surface area contributed by atoms with Crippen LogP contribution in [-0.4, -0.2) is 15.9 Å². The third kappa shape index (κ3) is 2.69. The average molecular weight is 331 g/mol. The van der Waals surface area contributed by atoms with Crippen LogP contribution in [0.4, 0.5) is 5.13 Å². The zero-order valence-electron chi connectivity index (χ0n) is 11.8. The minimum Gasteiger partial charge on any atom is -0.459 e. The lowest BCUT2D eigenvalue weighted by atomic mass is 10.3. The number of nitrogens with zero attached hydrogens (tertiary/aromatic N) is 2. The summed E-state index contributed by atoms with van der Waals surface area (Å²) >= 11 is 2.85. The number of furan rings is 1. The number of aromatic nitrogens is 2. The second-order valence-corrected chi connectivity index (χ2v) is 6.97. The Bertz CT molecular complexity index is 829. The molecule has 0 radical (unpaired) electrons. The Hall–Kier alpha value is -1.99. The fourth-order valence-corrected chi connectivity index (χ4v) is 3.66. The third-order valence-electron chi connectivity index (χ3n) is 3.43. The van der Waals surface area contributed by atoms with Gasteiger partial charge < -0.3 is 4.42 Å². The summed E-state index contributed by atoms with van der Waals surface area (Å²) in [7, 11) is 0. The average Bonchev–Trinajstić information content (AvgIpc) is 2.93. The molecule has 1 N–H and O–H groups in total. The molecular weight excluding hydrogens is 318 g/mol. The van der Waals surface area contributed by atoms with Crippen molar-refractivity contribution in [2.75, 3.05) is 5.32 Å². The molecule has 0 spiro atoms. The lowest BCUT2D eigenvalue weighted by molar-refractivity contribution is 0.102. The fraction of sp³-hybridized carbons (Fsp3) is 0.267. The maximum absolute atomic E-state index is 12.2. The molecule has 3 aromatic heterocycles. The molecule has 1 aliphatic rings. The Morgan fingerprint density at radius 3 is 2.86 bits per heavy atom. The van der Waals surface area contributed by atoms with Crippen LogP contribution in [0.1, 0.15) is 40.7 Å². The SMILES string of the molecule is Cc1ccc(-c2nc(C(=O)Nc3nc(C4CC4)cs3)cs2)o1. The first-order chi connectivity index (χ1) is 10.7. The van der Waals surface area contributed by atoms with Crippen molar-refractivity contribution in [2.45, 2.75) is 25.7 Å². The van der Waals surface area contributed by atoms with Gasteiger partial charge in [0.15, 0.2) is 15.9 Å². The molecule has 1 aliphatic carbocycles. The minimum absolute atomic E-state index is 0.234. The van der Waals surface area contributed by atoms with E-state index in [0.29, 0.717) is 27.5 Å². The molecule has 1 saturated carbocycles. The molecule has 0 atom stereocenters. The summed E-state index contributed by atoms with van der Waals surface area (Å²) in [4.78, 5) is 21.0. The zero-order chi connectivity index (χ0) is 15.1. The van der Waals surface area contributed by atoms with E-state index in [2.05, 4.69) is 15.3 Å². The Labute approximate surface area is 135 Å². The van der Waals surface area contributed by atoms with Gasteiger partial charge in [-0.3, -0.25) is 10.1 Å². The second-order valence-electron chi connectivity index (χ2n) is 5.25. The highest BCUT2D eigenvalue weighted by Gasteiger charge is 2.26. The largest absolute Gasteiger partial charge is 0.459 e. The van der Waals surface area contributed by atoms with E-state index < -0.39 is 0 Å². The molecule has 0 unspecified atom stereocenters. The smallest absolute Gasteiger partial charge is 0.276 e. The van der Waals surface area contributed by atoms with Crippen molar-refractivity contribution in [3.05, 3.63) is 40.0 Å². The Morgan fingerprint density at radius 1 is 1.27 bits per heavy atom. The van der Waals surface area contributed by atoms with Crippen LogP contribution < -0.4 is 5.32 Å². The van der Waals surface area contributed by atoms with Gasteiger partial charge >= 0.3 is 0 Å². The van der Waals surface area contributed by atoms with Crippen molar-refractivity contribution in [1.29, 1.82) is 0 Å². The molecule has 5 nitrogen and oxygen atoms in total. The Balaban J connectivity index is 1.49. The van der Waals surface area contributed by atoms with Crippen molar-refractivity contribution in [1.82, 2.24) is 9.97 Å². The van der Waals surface area contributed by atoms with Gasteiger partial charge in [0.25, 0.3) is 5.91 Å². The normalized spacial score (nSPS) is 14.2. The van der Waals surface area contributed by atoms with E-state index >= 15 is 0 Å².